The van der Waals surface area contributed by atoms with Crippen molar-refractivity contribution in [3.8, 4) is 5.75 Å². The quantitative estimate of drug-likeness (QED) is 0.369. The molecule has 0 unspecified atom stereocenters. The van der Waals surface area contributed by atoms with Gasteiger partial charge in [-0.25, -0.2) is 0 Å². The maximum atomic E-state index is 14.0. The highest BCUT2D eigenvalue weighted by Gasteiger charge is 2.49. The first-order valence-corrected chi connectivity index (χ1v) is 9.53. The van der Waals surface area contributed by atoms with Gasteiger partial charge in [0.25, 0.3) is 0 Å². The number of rotatable bonds is 2. The molecule has 1 atom stereocenters. The number of H-pyrrole nitrogens is 1. The van der Waals surface area contributed by atoms with Crippen LogP contribution < -0.4 is 10.1 Å². The highest BCUT2D eigenvalue weighted by Crippen LogP contribution is 2.44. The van der Waals surface area contributed by atoms with Crippen molar-refractivity contribution in [2.45, 2.75) is 25.0 Å². The number of anilines is 1. The van der Waals surface area contributed by atoms with Gasteiger partial charge < -0.3 is 19.9 Å². The van der Waals surface area contributed by atoms with Crippen LogP contribution >= 0.6 is 12.2 Å². The zero-order valence-electron chi connectivity index (χ0n) is 15.6. The number of alkyl halides is 6. The highest BCUT2D eigenvalue weighted by atomic mass is 32.1. The van der Waals surface area contributed by atoms with Crippen molar-refractivity contribution < 1.29 is 31.1 Å². The predicted octanol–water partition coefficient (Wildman–Crippen LogP) is 5.93. The number of aromatic amines is 1. The van der Waals surface area contributed by atoms with Gasteiger partial charge in [0, 0.05) is 23.1 Å². The third kappa shape index (κ3) is 4.41. The summed E-state index contributed by atoms with van der Waals surface area (Å²) in [6, 6.07) is 9.60. The van der Waals surface area contributed by atoms with Crippen LogP contribution in [-0.4, -0.2) is 34.1 Å². The molecule has 0 bridgehead atoms. The van der Waals surface area contributed by atoms with Crippen LogP contribution in [0.2, 0.25) is 0 Å². The number of para-hydroxylation sites is 1. The Balaban J connectivity index is 1.59. The van der Waals surface area contributed by atoms with Crippen molar-refractivity contribution in [2.24, 2.45) is 0 Å². The van der Waals surface area contributed by atoms with E-state index in [-0.39, 0.29) is 23.0 Å². The lowest BCUT2D eigenvalue weighted by molar-refractivity contribution is -0.274. The topological polar surface area (TPSA) is 40.3 Å². The second kappa shape index (κ2) is 7.63. The smallest absolute Gasteiger partial charge is 0.406 e. The lowest BCUT2D eigenvalue weighted by Gasteiger charge is -2.38. The molecule has 31 heavy (non-hydrogen) atoms. The molecular formula is C20H15F6N3OS. The SMILES string of the molecule is FC(F)(F)Oc1ccc(NC(=S)N2CCc3c([nH]c4ccccc34)[C@H]2C(F)(F)F)cc1. The molecule has 4 nitrogen and oxygen atoms in total. The number of fused-ring (bicyclic) bond motifs is 3. The van der Waals surface area contributed by atoms with E-state index in [0.29, 0.717) is 17.5 Å². The van der Waals surface area contributed by atoms with E-state index in [4.69, 9.17) is 12.2 Å². The fourth-order valence-corrected chi connectivity index (χ4v) is 4.05. The first kappa shape index (κ1) is 21.3. The van der Waals surface area contributed by atoms with Gasteiger partial charge in [0.2, 0.25) is 0 Å². The van der Waals surface area contributed by atoms with Gasteiger partial charge in [-0.15, -0.1) is 13.2 Å². The molecule has 0 aliphatic carbocycles. The molecule has 2 N–H and O–H groups in total. The van der Waals surface area contributed by atoms with Gasteiger partial charge in [-0.3, -0.25) is 0 Å². The molecule has 0 saturated carbocycles. The summed E-state index contributed by atoms with van der Waals surface area (Å²) in [5, 5.41) is 3.23. The number of benzene rings is 2. The first-order valence-electron chi connectivity index (χ1n) is 9.12. The summed E-state index contributed by atoms with van der Waals surface area (Å²) in [7, 11) is 0. The number of nitrogens with one attached hydrogen (secondary N) is 2. The number of aromatic nitrogens is 1. The Morgan fingerprint density at radius 1 is 1.03 bits per heavy atom. The zero-order valence-corrected chi connectivity index (χ0v) is 16.5. The Kier molecular flexibility index (Phi) is 5.24. The Labute approximate surface area is 177 Å². The molecule has 1 aliphatic rings. The van der Waals surface area contributed by atoms with Crippen molar-refractivity contribution in [3.63, 3.8) is 0 Å². The summed E-state index contributed by atoms with van der Waals surface area (Å²) in [4.78, 5) is 3.91. The lowest BCUT2D eigenvalue weighted by Crippen LogP contribution is -2.48. The molecule has 0 spiro atoms. The van der Waals surface area contributed by atoms with E-state index in [9.17, 15) is 26.3 Å². The molecular weight excluding hydrogens is 444 g/mol. The second-order valence-electron chi connectivity index (χ2n) is 6.95. The number of hydrogen-bond donors (Lipinski definition) is 2. The number of halogens is 6. The van der Waals surface area contributed by atoms with E-state index >= 15 is 0 Å². The van der Waals surface area contributed by atoms with Crippen LogP contribution in [0.15, 0.2) is 48.5 Å². The Morgan fingerprint density at radius 2 is 1.71 bits per heavy atom. The van der Waals surface area contributed by atoms with Crippen LogP contribution in [0.3, 0.4) is 0 Å². The van der Waals surface area contributed by atoms with Crippen LogP contribution in [0.1, 0.15) is 17.3 Å². The van der Waals surface area contributed by atoms with Crippen molar-refractivity contribution >= 4 is 33.9 Å². The Bertz CT molecular complexity index is 1110. The molecule has 0 saturated heterocycles. The molecule has 3 aromatic rings. The van der Waals surface area contributed by atoms with Crippen molar-refractivity contribution in [2.75, 3.05) is 11.9 Å². The first-order chi connectivity index (χ1) is 14.5. The van der Waals surface area contributed by atoms with E-state index < -0.39 is 24.3 Å². The fraction of sp³-hybridized carbons (Fsp3) is 0.250. The fourth-order valence-electron chi connectivity index (χ4n) is 3.74. The minimum atomic E-state index is -4.84. The molecule has 0 fully saturated rings. The van der Waals surface area contributed by atoms with Gasteiger partial charge in [0.1, 0.15) is 5.75 Å². The van der Waals surface area contributed by atoms with Crippen LogP contribution in [0.25, 0.3) is 10.9 Å². The van der Waals surface area contributed by atoms with E-state index in [0.717, 1.165) is 22.4 Å². The van der Waals surface area contributed by atoms with Gasteiger partial charge in [-0.05, 0) is 54.5 Å². The average Bonchev–Trinajstić information content (AvgIpc) is 3.05. The van der Waals surface area contributed by atoms with E-state index in [1.807, 2.05) is 0 Å². The summed E-state index contributed by atoms with van der Waals surface area (Å²) in [6.07, 6.45) is -9.09. The maximum absolute atomic E-state index is 14.0. The standard InChI is InChI=1S/C20H15F6N3OS/c21-19(22,23)17-16-14(13-3-1-2-4-15(13)28-16)9-10-29(17)18(31)27-11-5-7-12(8-6-11)30-20(24,25)26/h1-8,17,28H,9-10H2,(H,27,31)/t17-/m0/s1. The van der Waals surface area contributed by atoms with Crippen molar-refractivity contribution in [3.05, 3.63) is 59.8 Å². The third-order valence-electron chi connectivity index (χ3n) is 4.94. The van der Waals surface area contributed by atoms with Gasteiger partial charge in [-0.2, -0.15) is 13.2 Å². The summed E-state index contributed by atoms with van der Waals surface area (Å²) < 4.78 is 82.7. The third-order valence-corrected chi connectivity index (χ3v) is 5.28. The van der Waals surface area contributed by atoms with Gasteiger partial charge in [-0.1, -0.05) is 18.2 Å². The van der Waals surface area contributed by atoms with Crippen molar-refractivity contribution in [1.82, 2.24) is 9.88 Å². The molecule has 4 rings (SSSR count). The zero-order chi connectivity index (χ0) is 22.4. The van der Waals surface area contributed by atoms with E-state index in [2.05, 4.69) is 15.0 Å². The normalized spacial score (nSPS) is 16.8. The summed E-state index contributed by atoms with van der Waals surface area (Å²) in [6.45, 7) is 0.0279. The molecule has 2 aromatic carbocycles. The molecule has 11 heteroatoms. The van der Waals surface area contributed by atoms with Crippen LogP contribution in [0.4, 0.5) is 32.0 Å². The lowest BCUT2D eigenvalue weighted by atomic mass is 9.97. The van der Waals surface area contributed by atoms with Gasteiger partial charge >= 0.3 is 12.5 Å². The molecule has 164 valence electrons. The maximum Gasteiger partial charge on any atom is 0.573 e. The largest absolute Gasteiger partial charge is 0.573 e. The molecule has 1 aromatic heterocycles. The highest BCUT2D eigenvalue weighted by molar-refractivity contribution is 7.80. The number of ether oxygens (including phenoxy) is 1. The van der Waals surface area contributed by atoms with Crippen molar-refractivity contribution in [1.29, 1.82) is 0 Å². The molecule has 0 radical (unpaired) electrons. The molecule has 2 heterocycles. The summed E-state index contributed by atoms with van der Waals surface area (Å²) in [5.41, 5.74) is 1.49. The molecule has 0 amide bonds. The predicted molar refractivity (Wildman–Crippen MR) is 107 cm³/mol. The Hall–Kier alpha value is -2.95. The van der Waals surface area contributed by atoms with E-state index in [1.165, 1.54) is 12.1 Å². The van der Waals surface area contributed by atoms with E-state index in [1.54, 1.807) is 24.3 Å². The van der Waals surface area contributed by atoms with Gasteiger partial charge in [0.05, 0.1) is 5.69 Å². The van der Waals surface area contributed by atoms with Crippen LogP contribution in [0.5, 0.6) is 5.75 Å². The number of hydrogen-bond acceptors (Lipinski definition) is 2. The number of nitrogens with zero attached hydrogens (tertiary/aromatic N) is 1. The summed E-state index contributed by atoms with van der Waals surface area (Å²) >= 11 is 5.22. The minimum Gasteiger partial charge on any atom is -0.406 e. The molecule has 1 aliphatic heterocycles. The minimum absolute atomic E-state index is 0.0279. The second-order valence-corrected chi connectivity index (χ2v) is 7.34. The van der Waals surface area contributed by atoms with Gasteiger partial charge in [0.15, 0.2) is 11.2 Å². The van der Waals surface area contributed by atoms with Crippen LogP contribution in [0, 0.1) is 0 Å². The van der Waals surface area contributed by atoms with Crippen LogP contribution in [-0.2, 0) is 6.42 Å². The summed E-state index contributed by atoms with van der Waals surface area (Å²) in [5.74, 6) is -0.446. The average molecular weight is 459 g/mol. The monoisotopic (exact) mass is 459 g/mol. The Morgan fingerprint density at radius 3 is 2.35 bits per heavy atom. The number of thiocarbonyl (C=S) groups is 1.